The largest absolute Gasteiger partial charge is 0.492 e. The molecule has 0 amide bonds. The van der Waals surface area contributed by atoms with Gasteiger partial charge >= 0.3 is 0 Å². The van der Waals surface area contributed by atoms with Crippen LogP contribution in [-0.4, -0.2) is 18.1 Å². The molecule has 4 heteroatoms. The molecule has 0 fully saturated rings. The van der Waals surface area contributed by atoms with Gasteiger partial charge in [-0.15, -0.1) is 0 Å². The maximum atomic E-state index is 13.6. The third kappa shape index (κ3) is 4.26. The van der Waals surface area contributed by atoms with E-state index in [0.29, 0.717) is 18.9 Å². The molecule has 0 aliphatic rings. The lowest BCUT2D eigenvalue weighted by Gasteiger charge is -2.12. The van der Waals surface area contributed by atoms with E-state index in [4.69, 9.17) is 4.74 Å². The molecule has 0 aliphatic carbocycles. The zero-order valence-corrected chi connectivity index (χ0v) is 12.5. The highest BCUT2D eigenvalue weighted by atomic mass is 19.1. The maximum Gasteiger partial charge on any atom is 0.138 e. The van der Waals surface area contributed by atoms with Crippen molar-refractivity contribution in [1.82, 2.24) is 10.3 Å². The third-order valence-electron chi connectivity index (χ3n) is 3.15. The monoisotopic (exact) mass is 288 g/mol. The molecule has 112 valence electrons. The van der Waals surface area contributed by atoms with Crippen molar-refractivity contribution >= 4 is 0 Å². The Labute approximate surface area is 125 Å². The van der Waals surface area contributed by atoms with Crippen molar-refractivity contribution in [2.24, 2.45) is 0 Å². The summed E-state index contributed by atoms with van der Waals surface area (Å²) in [5.41, 5.74) is 2.78. The summed E-state index contributed by atoms with van der Waals surface area (Å²) in [7, 11) is 0. The molecular formula is C17H21FN2O. The van der Waals surface area contributed by atoms with E-state index >= 15 is 0 Å². The fraction of sp³-hybridized carbons (Fsp3) is 0.353. The molecule has 3 nitrogen and oxygen atoms in total. The Hall–Kier alpha value is -1.94. The maximum absolute atomic E-state index is 13.6. The second kappa shape index (κ2) is 7.74. The molecule has 0 saturated carbocycles. The van der Waals surface area contributed by atoms with Crippen LogP contribution in [0.5, 0.6) is 5.75 Å². The molecule has 1 aromatic heterocycles. The first kappa shape index (κ1) is 15.4. The fourth-order valence-corrected chi connectivity index (χ4v) is 2.18. The van der Waals surface area contributed by atoms with Gasteiger partial charge in [0.25, 0.3) is 0 Å². The molecule has 1 heterocycles. The van der Waals surface area contributed by atoms with Crippen LogP contribution in [0.2, 0.25) is 0 Å². The second-order valence-electron chi connectivity index (χ2n) is 4.82. The molecule has 0 radical (unpaired) electrons. The average molecular weight is 288 g/mol. The average Bonchev–Trinajstić information content (AvgIpc) is 2.49. The molecular weight excluding hydrogens is 267 g/mol. The molecule has 2 aromatic rings. The number of rotatable bonds is 7. The van der Waals surface area contributed by atoms with E-state index in [-0.39, 0.29) is 5.82 Å². The van der Waals surface area contributed by atoms with E-state index in [1.807, 2.05) is 19.1 Å². The van der Waals surface area contributed by atoms with Crippen molar-refractivity contribution < 1.29 is 9.13 Å². The lowest BCUT2D eigenvalue weighted by atomic mass is 10.0. The van der Waals surface area contributed by atoms with Crippen LogP contribution in [0.1, 0.15) is 25.8 Å². The smallest absolute Gasteiger partial charge is 0.138 e. The quantitative estimate of drug-likeness (QED) is 0.787. The summed E-state index contributed by atoms with van der Waals surface area (Å²) < 4.78 is 19.1. The Morgan fingerprint density at radius 2 is 2.05 bits per heavy atom. The molecule has 0 unspecified atom stereocenters. The standard InChI is InChI=1S/C17H21FN2O/c1-3-7-19-10-13-5-6-15(18)9-17(13)14-8-16(21-4-2)12-20-11-14/h5-6,8-9,11-12,19H,3-4,7,10H2,1-2H3. The fourth-order valence-electron chi connectivity index (χ4n) is 2.18. The van der Waals surface area contributed by atoms with Gasteiger partial charge in [0.2, 0.25) is 0 Å². The zero-order chi connectivity index (χ0) is 15.1. The van der Waals surface area contributed by atoms with Crippen LogP contribution in [0.4, 0.5) is 4.39 Å². The summed E-state index contributed by atoms with van der Waals surface area (Å²) in [4.78, 5) is 4.18. The molecule has 1 N–H and O–H groups in total. The van der Waals surface area contributed by atoms with Crippen LogP contribution < -0.4 is 10.1 Å². The molecule has 0 bridgehead atoms. The minimum Gasteiger partial charge on any atom is -0.492 e. The predicted molar refractivity (Wildman–Crippen MR) is 82.8 cm³/mol. The molecule has 1 aromatic carbocycles. The minimum absolute atomic E-state index is 0.244. The number of hydrogen-bond acceptors (Lipinski definition) is 3. The topological polar surface area (TPSA) is 34.2 Å². The van der Waals surface area contributed by atoms with Gasteiger partial charge in [-0.1, -0.05) is 13.0 Å². The SMILES string of the molecule is CCCNCc1ccc(F)cc1-c1cncc(OCC)c1. The number of hydrogen-bond donors (Lipinski definition) is 1. The number of nitrogens with zero attached hydrogens (tertiary/aromatic N) is 1. The molecule has 0 atom stereocenters. The van der Waals surface area contributed by atoms with E-state index in [9.17, 15) is 4.39 Å². The third-order valence-corrected chi connectivity index (χ3v) is 3.15. The van der Waals surface area contributed by atoms with Crippen LogP contribution in [0.3, 0.4) is 0 Å². The number of benzene rings is 1. The summed E-state index contributed by atoms with van der Waals surface area (Å²) in [5.74, 6) is 0.456. The van der Waals surface area contributed by atoms with Crippen LogP contribution in [0.25, 0.3) is 11.1 Å². The summed E-state index contributed by atoms with van der Waals surface area (Å²) in [6, 6.07) is 6.76. The van der Waals surface area contributed by atoms with Crippen molar-refractivity contribution in [2.75, 3.05) is 13.2 Å². The van der Waals surface area contributed by atoms with E-state index in [2.05, 4.69) is 17.2 Å². The number of pyridine rings is 1. The van der Waals surface area contributed by atoms with E-state index in [1.165, 1.54) is 6.07 Å². The summed E-state index contributed by atoms with van der Waals surface area (Å²) in [5, 5.41) is 3.35. The van der Waals surface area contributed by atoms with Gasteiger partial charge in [-0.05, 0) is 49.2 Å². The number of halogens is 1. The minimum atomic E-state index is -0.244. The van der Waals surface area contributed by atoms with Gasteiger partial charge in [-0.3, -0.25) is 4.98 Å². The van der Waals surface area contributed by atoms with Crippen molar-refractivity contribution in [3.05, 3.63) is 48.0 Å². The molecule has 21 heavy (non-hydrogen) atoms. The normalized spacial score (nSPS) is 10.6. The first-order chi connectivity index (χ1) is 10.2. The molecule has 0 spiro atoms. The van der Waals surface area contributed by atoms with Gasteiger partial charge in [-0.2, -0.15) is 0 Å². The first-order valence-electron chi connectivity index (χ1n) is 7.32. The lowest BCUT2D eigenvalue weighted by molar-refractivity contribution is 0.339. The van der Waals surface area contributed by atoms with Crippen molar-refractivity contribution in [1.29, 1.82) is 0 Å². The van der Waals surface area contributed by atoms with Gasteiger partial charge in [0.1, 0.15) is 11.6 Å². The molecule has 0 saturated heterocycles. The van der Waals surface area contributed by atoms with Gasteiger partial charge in [0.15, 0.2) is 0 Å². The Morgan fingerprint density at radius 1 is 1.19 bits per heavy atom. The predicted octanol–water partition coefficient (Wildman–Crippen LogP) is 3.79. The number of aromatic nitrogens is 1. The summed E-state index contributed by atoms with van der Waals surface area (Å²) in [6.45, 7) is 6.28. The Kier molecular flexibility index (Phi) is 5.69. The number of nitrogens with one attached hydrogen (secondary N) is 1. The Bertz CT molecular complexity index is 587. The van der Waals surface area contributed by atoms with Crippen LogP contribution >= 0.6 is 0 Å². The Morgan fingerprint density at radius 3 is 2.81 bits per heavy atom. The Balaban J connectivity index is 2.32. The highest BCUT2D eigenvalue weighted by Crippen LogP contribution is 2.27. The summed E-state index contributed by atoms with van der Waals surface area (Å²) in [6.07, 6.45) is 4.47. The van der Waals surface area contributed by atoms with Gasteiger partial charge in [-0.25, -0.2) is 4.39 Å². The summed E-state index contributed by atoms with van der Waals surface area (Å²) >= 11 is 0. The number of ether oxygens (including phenoxy) is 1. The van der Waals surface area contributed by atoms with Gasteiger partial charge < -0.3 is 10.1 Å². The van der Waals surface area contributed by atoms with Gasteiger partial charge in [0, 0.05) is 18.3 Å². The highest BCUT2D eigenvalue weighted by molar-refractivity contribution is 5.67. The van der Waals surface area contributed by atoms with Crippen LogP contribution in [0.15, 0.2) is 36.7 Å². The second-order valence-corrected chi connectivity index (χ2v) is 4.82. The van der Waals surface area contributed by atoms with E-state index < -0.39 is 0 Å². The van der Waals surface area contributed by atoms with Crippen LogP contribution in [-0.2, 0) is 6.54 Å². The van der Waals surface area contributed by atoms with E-state index in [0.717, 1.165) is 29.7 Å². The van der Waals surface area contributed by atoms with E-state index in [1.54, 1.807) is 18.5 Å². The van der Waals surface area contributed by atoms with Crippen molar-refractivity contribution in [3.8, 4) is 16.9 Å². The molecule has 0 aliphatic heterocycles. The molecule has 2 rings (SSSR count). The van der Waals surface area contributed by atoms with Gasteiger partial charge in [0.05, 0.1) is 12.8 Å². The zero-order valence-electron chi connectivity index (χ0n) is 12.5. The lowest BCUT2D eigenvalue weighted by Crippen LogP contribution is -2.14. The van der Waals surface area contributed by atoms with Crippen molar-refractivity contribution in [3.63, 3.8) is 0 Å². The first-order valence-corrected chi connectivity index (χ1v) is 7.32. The highest BCUT2D eigenvalue weighted by Gasteiger charge is 2.08. The van der Waals surface area contributed by atoms with Crippen LogP contribution in [0, 0.1) is 5.82 Å². The van der Waals surface area contributed by atoms with Crippen molar-refractivity contribution in [2.45, 2.75) is 26.8 Å².